The molecule has 1 atom stereocenters. The summed E-state index contributed by atoms with van der Waals surface area (Å²) in [5.74, 6) is 1.37. The van der Waals surface area contributed by atoms with Gasteiger partial charge in [0.05, 0.1) is 0 Å². The second-order valence-electron chi connectivity index (χ2n) is 7.00. The van der Waals surface area contributed by atoms with Crippen molar-refractivity contribution in [2.24, 2.45) is 0 Å². The number of aryl methyl sites for hydroxylation is 2. The number of hydrogen-bond acceptors (Lipinski definition) is 4. The molecular weight excluding hydrogens is 336 g/mol. The number of aromatic nitrogens is 3. The van der Waals surface area contributed by atoms with E-state index >= 15 is 0 Å². The van der Waals surface area contributed by atoms with Crippen LogP contribution in [0.4, 0.5) is 5.82 Å². The number of anilines is 1. The molecule has 0 bridgehead atoms. The lowest BCUT2D eigenvalue weighted by atomic mass is 10.0. The van der Waals surface area contributed by atoms with Crippen molar-refractivity contribution in [2.45, 2.75) is 46.6 Å². The normalized spacial score (nSPS) is 12.0. The van der Waals surface area contributed by atoms with E-state index in [0.717, 1.165) is 29.9 Å². The predicted molar refractivity (Wildman–Crippen MR) is 110 cm³/mol. The number of pyridine rings is 1. The zero-order valence-electron chi connectivity index (χ0n) is 16.3. The van der Waals surface area contributed by atoms with Crippen LogP contribution in [0.2, 0.25) is 0 Å². The maximum atomic E-state index is 12.0. The first-order chi connectivity index (χ1) is 13.0. The zero-order chi connectivity index (χ0) is 19.4. The van der Waals surface area contributed by atoms with Crippen molar-refractivity contribution >= 4 is 5.82 Å². The number of aromatic amines is 1. The Morgan fingerprint density at radius 2 is 1.81 bits per heavy atom. The van der Waals surface area contributed by atoms with Gasteiger partial charge in [-0.2, -0.15) is 0 Å². The summed E-state index contributed by atoms with van der Waals surface area (Å²) in [6.07, 6.45) is 3.70. The van der Waals surface area contributed by atoms with Gasteiger partial charge in [0, 0.05) is 29.1 Å². The fraction of sp³-hybridized carbons (Fsp3) is 0.318. The average molecular weight is 362 g/mol. The Morgan fingerprint density at radius 1 is 1.07 bits per heavy atom. The van der Waals surface area contributed by atoms with Gasteiger partial charge in [-0.1, -0.05) is 36.8 Å². The fourth-order valence-corrected chi connectivity index (χ4v) is 2.92. The van der Waals surface area contributed by atoms with E-state index < -0.39 is 0 Å². The highest BCUT2D eigenvalue weighted by molar-refractivity contribution is 5.56. The van der Waals surface area contributed by atoms with Crippen LogP contribution in [-0.2, 0) is 6.42 Å². The smallest absolute Gasteiger partial charge is 0.254 e. The molecule has 0 saturated carbocycles. The number of hydrogen-bond donors (Lipinski definition) is 2. The van der Waals surface area contributed by atoms with Crippen LogP contribution in [0.1, 0.15) is 35.7 Å². The quantitative estimate of drug-likeness (QED) is 0.690. The van der Waals surface area contributed by atoms with Crippen molar-refractivity contribution in [3.8, 4) is 11.4 Å². The van der Waals surface area contributed by atoms with Crippen LogP contribution in [0.15, 0.2) is 47.4 Å². The van der Waals surface area contributed by atoms with Gasteiger partial charge >= 0.3 is 0 Å². The number of nitrogens with zero attached hydrogens (tertiary/aromatic N) is 2. The zero-order valence-corrected chi connectivity index (χ0v) is 16.3. The van der Waals surface area contributed by atoms with Gasteiger partial charge in [-0.25, -0.2) is 9.97 Å². The summed E-state index contributed by atoms with van der Waals surface area (Å²) in [5.41, 5.74) is 4.66. The summed E-state index contributed by atoms with van der Waals surface area (Å²) in [6, 6.07) is 12.8. The first-order valence-corrected chi connectivity index (χ1v) is 9.32. The second-order valence-corrected chi connectivity index (χ2v) is 7.00. The van der Waals surface area contributed by atoms with Crippen LogP contribution in [0.25, 0.3) is 11.4 Å². The molecule has 3 rings (SSSR count). The van der Waals surface area contributed by atoms with E-state index in [4.69, 9.17) is 0 Å². The lowest BCUT2D eigenvalue weighted by Crippen LogP contribution is -2.22. The highest BCUT2D eigenvalue weighted by Gasteiger charge is 2.10. The van der Waals surface area contributed by atoms with E-state index in [1.165, 1.54) is 11.1 Å². The third-order valence-electron chi connectivity index (χ3n) is 4.88. The summed E-state index contributed by atoms with van der Waals surface area (Å²) >= 11 is 0. The van der Waals surface area contributed by atoms with Crippen molar-refractivity contribution in [2.75, 3.05) is 5.32 Å². The molecule has 2 heterocycles. The first kappa shape index (κ1) is 18.8. The SMILES string of the molecule is CCC(Cc1ccc(C)cc1)Nc1ccc(-c2nc(C)c(C)c(=O)[nH]2)cn1. The van der Waals surface area contributed by atoms with Crippen LogP contribution in [0.5, 0.6) is 0 Å². The Morgan fingerprint density at radius 3 is 2.41 bits per heavy atom. The van der Waals surface area contributed by atoms with Gasteiger partial charge in [0.25, 0.3) is 5.56 Å². The molecule has 1 aromatic carbocycles. The van der Waals surface area contributed by atoms with E-state index in [9.17, 15) is 4.79 Å². The fourth-order valence-electron chi connectivity index (χ4n) is 2.92. The van der Waals surface area contributed by atoms with Gasteiger partial charge in [0.15, 0.2) is 0 Å². The number of benzene rings is 1. The van der Waals surface area contributed by atoms with E-state index in [1.54, 1.807) is 13.1 Å². The van der Waals surface area contributed by atoms with Gasteiger partial charge in [0.1, 0.15) is 11.6 Å². The Bertz CT molecular complexity index is 959. The molecule has 0 amide bonds. The van der Waals surface area contributed by atoms with Crippen molar-refractivity contribution in [1.82, 2.24) is 15.0 Å². The summed E-state index contributed by atoms with van der Waals surface area (Å²) in [5, 5.41) is 3.50. The average Bonchev–Trinajstić information content (AvgIpc) is 2.67. The Labute approximate surface area is 159 Å². The second kappa shape index (κ2) is 8.16. The lowest BCUT2D eigenvalue weighted by Gasteiger charge is -2.18. The summed E-state index contributed by atoms with van der Waals surface area (Å²) < 4.78 is 0. The van der Waals surface area contributed by atoms with Gasteiger partial charge in [-0.15, -0.1) is 0 Å². The number of rotatable bonds is 6. The molecule has 5 nitrogen and oxygen atoms in total. The molecule has 1 unspecified atom stereocenters. The van der Waals surface area contributed by atoms with Gasteiger partial charge in [-0.05, 0) is 51.3 Å². The molecule has 0 radical (unpaired) electrons. The van der Waals surface area contributed by atoms with Crippen LogP contribution in [-0.4, -0.2) is 21.0 Å². The third-order valence-corrected chi connectivity index (χ3v) is 4.88. The molecular formula is C22H26N4O. The van der Waals surface area contributed by atoms with Crippen LogP contribution in [0.3, 0.4) is 0 Å². The predicted octanol–water partition coefficient (Wildman–Crippen LogP) is 4.19. The van der Waals surface area contributed by atoms with Crippen LogP contribution < -0.4 is 10.9 Å². The summed E-state index contributed by atoms with van der Waals surface area (Å²) in [7, 11) is 0. The first-order valence-electron chi connectivity index (χ1n) is 9.32. The van der Waals surface area contributed by atoms with Gasteiger partial charge in [-0.3, -0.25) is 4.79 Å². The maximum absolute atomic E-state index is 12.0. The van der Waals surface area contributed by atoms with E-state index in [0.29, 0.717) is 17.4 Å². The molecule has 27 heavy (non-hydrogen) atoms. The Hall–Kier alpha value is -2.95. The van der Waals surface area contributed by atoms with Gasteiger partial charge < -0.3 is 10.3 Å². The van der Waals surface area contributed by atoms with E-state index in [2.05, 4.69) is 58.4 Å². The van der Waals surface area contributed by atoms with Crippen molar-refractivity contribution < 1.29 is 0 Å². The van der Waals surface area contributed by atoms with E-state index in [1.807, 2.05) is 19.1 Å². The molecule has 0 saturated heterocycles. The molecule has 0 spiro atoms. The highest BCUT2D eigenvalue weighted by atomic mass is 16.1. The molecule has 2 N–H and O–H groups in total. The minimum absolute atomic E-state index is 0.108. The number of H-pyrrole nitrogens is 1. The number of nitrogens with one attached hydrogen (secondary N) is 2. The molecule has 0 aliphatic rings. The lowest BCUT2D eigenvalue weighted by molar-refractivity contribution is 0.687. The van der Waals surface area contributed by atoms with Crippen molar-refractivity contribution in [3.05, 3.63) is 75.3 Å². The summed E-state index contributed by atoms with van der Waals surface area (Å²) in [6.45, 7) is 7.88. The van der Waals surface area contributed by atoms with Crippen molar-refractivity contribution in [1.29, 1.82) is 0 Å². The standard InChI is InChI=1S/C22H26N4O/c1-5-19(12-17-8-6-14(2)7-9-17)25-20-11-10-18(13-23-20)21-24-16(4)15(3)22(27)26-21/h6-11,13,19H,5,12H2,1-4H3,(H,23,25)(H,24,26,27). The Kier molecular flexibility index (Phi) is 5.69. The molecule has 0 aliphatic carbocycles. The molecule has 140 valence electrons. The summed E-state index contributed by atoms with van der Waals surface area (Å²) in [4.78, 5) is 23.7. The molecule has 0 aliphatic heterocycles. The minimum atomic E-state index is -0.108. The van der Waals surface area contributed by atoms with Crippen LogP contribution >= 0.6 is 0 Å². The van der Waals surface area contributed by atoms with E-state index in [-0.39, 0.29) is 5.56 Å². The van der Waals surface area contributed by atoms with Gasteiger partial charge in [0.2, 0.25) is 0 Å². The molecule has 0 fully saturated rings. The molecule has 2 aromatic heterocycles. The van der Waals surface area contributed by atoms with Crippen LogP contribution in [0, 0.1) is 20.8 Å². The Balaban J connectivity index is 1.72. The third kappa shape index (κ3) is 4.61. The minimum Gasteiger partial charge on any atom is -0.367 e. The highest BCUT2D eigenvalue weighted by Crippen LogP contribution is 2.17. The monoisotopic (exact) mass is 362 g/mol. The largest absolute Gasteiger partial charge is 0.367 e. The maximum Gasteiger partial charge on any atom is 0.254 e. The molecule has 5 heteroatoms. The topological polar surface area (TPSA) is 70.7 Å². The molecule has 3 aromatic rings. The van der Waals surface area contributed by atoms with Crippen molar-refractivity contribution in [3.63, 3.8) is 0 Å².